The van der Waals surface area contributed by atoms with E-state index in [0.29, 0.717) is 5.89 Å². The summed E-state index contributed by atoms with van der Waals surface area (Å²) >= 11 is 0. The first kappa shape index (κ1) is 22.4. The van der Waals surface area contributed by atoms with Gasteiger partial charge in [0.25, 0.3) is 0 Å². The summed E-state index contributed by atoms with van der Waals surface area (Å²) in [6.45, 7) is 0. The molecule has 4 aromatic carbocycles. The topological polar surface area (TPSA) is 56.7 Å². The number of nitrogens with zero attached hydrogens (tertiary/aromatic N) is 4. The molecule has 8 aromatic rings. The third kappa shape index (κ3) is 3.60. The lowest BCUT2D eigenvalue weighted by atomic mass is 9.99. The highest BCUT2D eigenvalue weighted by atomic mass is 16.3. The maximum absolute atomic E-state index is 6.47. The number of rotatable bonds is 4. The van der Waals surface area contributed by atoms with E-state index in [9.17, 15) is 0 Å². The van der Waals surface area contributed by atoms with Gasteiger partial charge in [0.05, 0.1) is 16.4 Å². The average Bonchev–Trinajstić information content (AvgIpc) is 3.62. The predicted octanol–water partition coefficient (Wildman–Crippen LogP) is 8.72. The molecule has 5 nitrogen and oxygen atoms in total. The van der Waals surface area contributed by atoms with Gasteiger partial charge >= 0.3 is 0 Å². The molecule has 0 amide bonds. The lowest BCUT2D eigenvalue weighted by Crippen LogP contribution is -1.96. The van der Waals surface area contributed by atoms with Crippen molar-refractivity contribution >= 4 is 32.9 Å². The quantitative estimate of drug-likeness (QED) is 0.236. The Hall–Kier alpha value is -5.55. The molecule has 0 spiro atoms. The second kappa shape index (κ2) is 9.03. The van der Waals surface area contributed by atoms with Crippen LogP contribution in [0.4, 0.5) is 0 Å². The van der Waals surface area contributed by atoms with Crippen molar-refractivity contribution in [3.63, 3.8) is 0 Å². The average molecular weight is 515 g/mol. The maximum Gasteiger partial charge on any atom is 0.227 e. The fourth-order valence-electron chi connectivity index (χ4n) is 5.56. The van der Waals surface area contributed by atoms with Crippen molar-refractivity contribution in [1.82, 2.24) is 19.5 Å². The molecule has 0 aliphatic carbocycles. The fraction of sp³-hybridized carbons (Fsp3) is 0. The van der Waals surface area contributed by atoms with E-state index in [1.165, 1.54) is 0 Å². The van der Waals surface area contributed by atoms with Gasteiger partial charge in [0.15, 0.2) is 5.58 Å². The highest BCUT2D eigenvalue weighted by molar-refractivity contribution is 6.19. The van der Waals surface area contributed by atoms with Gasteiger partial charge in [0.2, 0.25) is 5.89 Å². The van der Waals surface area contributed by atoms with Crippen molar-refractivity contribution in [2.24, 2.45) is 0 Å². The van der Waals surface area contributed by atoms with E-state index in [0.717, 1.165) is 66.4 Å². The first-order valence-electron chi connectivity index (χ1n) is 13.2. The van der Waals surface area contributed by atoms with E-state index >= 15 is 0 Å². The predicted molar refractivity (Wildman–Crippen MR) is 160 cm³/mol. The summed E-state index contributed by atoms with van der Waals surface area (Å²) in [5, 5.41) is 2.17. The van der Waals surface area contributed by atoms with Crippen LogP contribution in [0.3, 0.4) is 0 Å². The minimum Gasteiger partial charge on any atom is -0.435 e. The Balaban J connectivity index is 1.43. The van der Waals surface area contributed by atoms with E-state index < -0.39 is 0 Å². The number of oxazole rings is 1. The number of hydrogen-bond donors (Lipinski definition) is 0. The number of para-hydroxylation sites is 1. The van der Waals surface area contributed by atoms with Gasteiger partial charge in [0, 0.05) is 52.6 Å². The van der Waals surface area contributed by atoms with Gasteiger partial charge in [0.1, 0.15) is 5.52 Å². The molecule has 0 saturated carbocycles. The zero-order chi connectivity index (χ0) is 26.5. The van der Waals surface area contributed by atoms with Crippen molar-refractivity contribution in [2.75, 3.05) is 0 Å². The number of aromatic nitrogens is 4. The molecule has 0 radical (unpaired) electrons. The lowest BCUT2D eigenvalue weighted by molar-refractivity contribution is 0.623. The molecular formula is C35H22N4O. The molecule has 4 aromatic heterocycles. The van der Waals surface area contributed by atoms with Crippen LogP contribution in [0.5, 0.6) is 0 Å². The molecule has 4 heterocycles. The Bertz CT molecular complexity index is 2090. The highest BCUT2D eigenvalue weighted by Gasteiger charge is 2.19. The number of benzene rings is 4. The monoisotopic (exact) mass is 514 g/mol. The van der Waals surface area contributed by atoms with Crippen LogP contribution in [0.25, 0.3) is 72.3 Å². The van der Waals surface area contributed by atoms with Crippen LogP contribution >= 0.6 is 0 Å². The largest absolute Gasteiger partial charge is 0.435 e. The molecule has 8 rings (SSSR count). The summed E-state index contributed by atoms with van der Waals surface area (Å²) in [7, 11) is 0. The fourth-order valence-corrected chi connectivity index (χ4v) is 5.56. The van der Waals surface area contributed by atoms with Gasteiger partial charge in [-0.05, 0) is 71.8 Å². The van der Waals surface area contributed by atoms with Crippen LogP contribution < -0.4 is 0 Å². The van der Waals surface area contributed by atoms with Crippen LogP contribution in [0, 0.1) is 0 Å². The Labute approximate surface area is 230 Å². The molecule has 0 bridgehead atoms. The molecule has 40 heavy (non-hydrogen) atoms. The summed E-state index contributed by atoms with van der Waals surface area (Å²) in [6.07, 6.45) is 7.41. The molecule has 0 N–H and O–H groups in total. The van der Waals surface area contributed by atoms with E-state index in [2.05, 4.69) is 81.3 Å². The molecule has 0 unspecified atom stereocenters. The first-order chi connectivity index (χ1) is 19.8. The van der Waals surface area contributed by atoms with Gasteiger partial charge in [-0.15, -0.1) is 0 Å². The molecule has 0 aliphatic rings. The highest BCUT2D eigenvalue weighted by Crippen LogP contribution is 2.40. The standard InChI is InChI=1S/C35H22N4O/c1-2-8-23(9-3-1)35-38-30-14-15-32-33(34(30)40-35)29-12-4-5-13-31(29)39(32)28-19-26(24-10-6-16-36-21-24)18-27(20-28)25-11-7-17-37-22-25/h1-22H. The van der Waals surface area contributed by atoms with Gasteiger partial charge < -0.3 is 8.98 Å². The van der Waals surface area contributed by atoms with Gasteiger partial charge in [-0.1, -0.05) is 48.5 Å². The minimum absolute atomic E-state index is 0.623. The van der Waals surface area contributed by atoms with Gasteiger partial charge in [-0.25, -0.2) is 4.98 Å². The Morgan fingerprint density at radius 3 is 1.93 bits per heavy atom. The molecule has 0 saturated heterocycles. The Kier molecular flexibility index (Phi) is 5.07. The summed E-state index contributed by atoms with van der Waals surface area (Å²) in [5.74, 6) is 0.623. The van der Waals surface area contributed by atoms with Gasteiger partial charge in [-0.2, -0.15) is 0 Å². The number of fused-ring (bicyclic) bond motifs is 5. The molecule has 188 valence electrons. The Morgan fingerprint density at radius 1 is 0.550 bits per heavy atom. The zero-order valence-corrected chi connectivity index (χ0v) is 21.4. The number of hydrogen-bond acceptors (Lipinski definition) is 4. The van der Waals surface area contributed by atoms with Crippen LogP contribution in [0.1, 0.15) is 0 Å². The van der Waals surface area contributed by atoms with Crippen molar-refractivity contribution in [3.8, 4) is 39.4 Å². The SMILES string of the molecule is c1ccc(-c2nc3ccc4c(c5ccccc5n4-c4cc(-c5cccnc5)cc(-c5cccnc5)c4)c3o2)cc1. The smallest absolute Gasteiger partial charge is 0.227 e. The first-order valence-corrected chi connectivity index (χ1v) is 13.2. The van der Waals surface area contributed by atoms with E-state index in [1.807, 2.05) is 54.9 Å². The van der Waals surface area contributed by atoms with Gasteiger partial charge in [-0.3, -0.25) is 9.97 Å². The van der Waals surface area contributed by atoms with Crippen molar-refractivity contribution in [3.05, 3.63) is 134 Å². The van der Waals surface area contributed by atoms with Crippen molar-refractivity contribution < 1.29 is 4.42 Å². The van der Waals surface area contributed by atoms with E-state index in [-0.39, 0.29) is 0 Å². The summed E-state index contributed by atoms with van der Waals surface area (Å²) in [4.78, 5) is 13.6. The maximum atomic E-state index is 6.47. The van der Waals surface area contributed by atoms with Crippen LogP contribution in [0.15, 0.2) is 138 Å². The van der Waals surface area contributed by atoms with Crippen molar-refractivity contribution in [1.29, 1.82) is 0 Å². The molecule has 0 aliphatic heterocycles. The number of pyridine rings is 2. The molecule has 5 heteroatoms. The normalized spacial score (nSPS) is 11.5. The summed E-state index contributed by atoms with van der Waals surface area (Å²) in [6, 6.07) is 37.5. The molecule has 0 fully saturated rings. The minimum atomic E-state index is 0.623. The third-order valence-corrected chi connectivity index (χ3v) is 7.38. The Morgan fingerprint density at radius 2 is 1.23 bits per heavy atom. The summed E-state index contributed by atoms with van der Waals surface area (Å²) < 4.78 is 8.78. The third-order valence-electron chi connectivity index (χ3n) is 7.38. The summed E-state index contributed by atoms with van der Waals surface area (Å²) in [5.41, 5.74) is 10.1. The second-order valence-corrected chi connectivity index (χ2v) is 9.80. The van der Waals surface area contributed by atoms with Crippen LogP contribution in [-0.4, -0.2) is 19.5 Å². The van der Waals surface area contributed by atoms with E-state index in [1.54, 1.807) is 12.4 Å². The zero-order valence-electron chi connectivity index (χ0n) is 21.4. The van der Waals surface area contributed by atoms with E-state index in [4.69, 9.17) is 9.40 Å². The van der Waals surface area contributed by atoms with Crippen LogP contribution in [-0.2, 0) is 0 Å². The molecular weight excluding hydrogens is 492 g/mol. The van der Waals surface area contributed by atoms with Crippen molar-refractivity contribution in [2.45, 2.75) is 0 Å². The second-order valence-electron chi connectivity index (χ2n) is 9.80. The lowest BCUT2D eigenvalue weighted by Gasteiger charge is -2.13. The van der Waals surface area contributed by atoms with Crippen LogP contribution in [0.2, 0.25) is 0 Å². The molecule has 0 atom stereocenters.